The first-order valence-corrected chi connectivity index (χ1v) is 9.34. The Hall–Kier alpha value is -2.27. The van der Waals surface area contributed by atoms with Gasteiger partial charge in [-0.2, -0.15) is 0 Å². The van der Waals surface area contributed by atoms with Crippen LogP contribution in [0.5, 0.6) is 0 Å². The lowest BCUT2D eigenvalue weighted by Gasteiger charge is -2.19. The molecule has 1 fully saturated rings. The SMILES string of the molecule is CSc1ccccc1C(=O)N1CCC(n2cnc3ccccc32)C1. The number of rotatable bonds is 3. The highest BCUT2D eigenvalue weighted by Gasteiger charge is 2.29. The van der Waals surface area contributed by atoms with Crippen molar-refractivity contribution in [1.82, 2.24) is 14.5 Å². The summed E-state index contributed by atoms with van der Waals surface area (Å²) in [4.78, 5) is 20.4. The van der Waals surface area contributed by atoms with Gasteiger partial charge in [0.25, 0.3) is 5.91 Å². The van der Waals surface area contributed by atoms with E-state index in [1.807, 2.05) is 59.9 Å². The van der Waals surface area contributed by atoms with Gasteiger partial charge in [0.15, 0.2) is 0 Å². The predicted molar refractivity (Wildman–Crippen MR) is 97.5 cm³/mol. The number of fused-ring (bicyclic) bond motifs is 1. The number of likely N-dealkylation sites (tertiary alicyclic amines) is 1. The third kappa shape index (κ3) is 2.59. The van der Waals surface area contributed by atoms with E-state index in [4.69, 9.17) is 0 Å². The molecule has 5 heteroatoms. The maximum atomic E-state index is 12.9. The Kier molecular flexibility index (Phi) is 4.02. The molecule has 3 aromatic rings. The predicted octanol–water partition coefficient (Wildman–Crippen LogP) is 3.85. The molecule has 0 bridgehead atoms. The summed E-state index contributed by atoms with van der Waals surface area (Å²) in [6.45, 7) is 1.53. The second-order valence-corrected chi connectivity index (χ2v) is 6.88. The normalized spacial score (nSPS) is 17.5. The summed E-state index contributed by atoms with van der Waals surface area (Å²) in [5.74, 6) is 0.131. The summed E-state index contributed by atoms with van der Waals surface area (Å²) in [6, 6.07) is 16.3. The number of aromatic nitrogens is 2. The van der Waals surface area contributed by atoms with Crippen LogP contribution in [0.15, 0.2) is 59.8 Å². The Morgan fingerprint density at radius 1 is 1.17 bits per heavy atom. The summed E-state index contributed by atoms with van der Waals surface area (Å²) in [5.41, 5.74) is 2.96. The Morgan fingerprint density at radius 2 is 1.96 bits per heavy atom. The van der Waals surface area contributed by atoms with Crippen LogP contribution >= 0.6 is 11.8 Å². The van der Waals surface area contributed by atoms with Gasteiger partial charge in [0.2, 0.25) is 0 Å². The van der Waals surface area contributed by atoms with Crippen LogP contribution < -0.4 is 0 Å². The highest BCUT2D eigenvalue weighted by Crippen LogP contribution is 2.28. The zero-order valence-electron chi connectivity index (χ0n) is 13.6. The van der Waals surface area contributed by atoms with E-state index in [2.05, 4.69) is 15.6 Å². The Labute approximate surface area is 145 Å². The summed E-state index contributed by atoms with van der Waals surface area (Å²) in [7, 11) is 0. The Morgan fingerprint density at radius 3 is 2.83 bits per heavy atom. The van der Waals surface area contributed by atoms with E-state index in [1.54, 1.807) is 11.8 Å². The Balaban J connectivity index is 1.57. The van der Waals surface area contributed by atoms with Crippen molar-refractivity contribution in [1.29, 1.82) is 0 Å². The Bertz CT molecular complexity index is 889. The maximum Gasteiger partial charge on any atom is 0.255 e. The van der Waals surface area contributed by atoms with Crippen molar-refractivity contribution in [3.8, 4) is 0 Å². The summed E-state index contributed by atoms with van der Waals surface area (Å²) < 4.78 is 2.21. The number of nitrogens with zero attached hydrogens (tertiary/aromatic N) is 3. The first-order chi connectivity index (χ1) is 11.8. The third-order valence-corrected chi connectivity index (χ3v) is 5.46. The van der Waals surface area contributed by atoms with E-state index >= 15 is 0 Å². The molecule has 122 valence electrons. The van der Waals surface area contributed by atoms with Crippen LogP contribution in [0.2, 0.25) is 0 Å². The number of carbonyl (C=O) groups excluding carboxylic acids is 1. The minimum absolute atomic E-state index is 0.131. The summed E-state index contributed by atoms with van der Waals surface area (Å²) in [6.07, 6.45) is 4.88. The molecule has 4 rings (SSSR count). The number of hydrogen-bond acceptors (Lipinski definition) is 3. The number of thioether (sulfide) groups is 1. The van der Waals surface area contributed by atoms with Gasteiger partial charge in [-0.05, 0) is 36.9 Å². The molecule has 1 amide bonds. The molecule has 24 heavy (non-hydrogen) atoms. The van der Waals surface area contributed by atoms with E-state index in [9.17, 15) is 4.79 Å². The van der Waals surface area contributed by atoms with Gasteiger partial charge in [-0.15, -0.1) is 11.8 Å². The summed E-state index contributed by atoms with van der Waals surface area (Å²) in [5, 5.41) is 0. The molecular formula is C19H19N3OS. The second kappa shape index (κ2) is 6.32. The molecule has 1 aromatic heterocycles. The smallest absolute Gasteiger partial charge is 0.255 e. The van der Waals surface area contributed by atoms with Crippen LogP contribution in [0, 0.1) is 0 Å². The van der Waals surface area contributed by atoms with Crippen molar-refractivity contribution in [2.75, 3.05) is 19.3 Å². The van der Waals surface area contributed by atoms with Crippen molar-refractivity contribution in [3.63, 3.8) is 0 Å². The molecule has 1 saturated heterocycles. The number of hydrogen-bond donors (Lipinski definition) is 0. The van der Waals surface area contributed by atoms with Gasteiger partial charge in [0.05, 0.1) is 29.0 Å². The molecule has 0 spiro atoms. The van der Waals surface area contributed by atoms with Crippen LogP contribution in [0.25, 0.3) is 11.0 Å². The van der Waals surface area contributed by atoms with E-state index < -0.39 is 0 Å². The van der Waals surface area contributed by atoms with Gasteiger partial charge < -0.3 is 9.47 Å². The molecule has 1 atom stereocenters. The standard InChI is InChI=1S/C19H19N3OS/c1-24-18-9-5-2-6-15(18)19(23)21-11-10-14(12-21)22-13-20-16-7-3-4-8-17(16)22/h2-9,13-14H,10-12H2,1H3. The van der Waals surface area contributed by atoms with Crippen LogP contribution in [0.3, 0.4) is 0 Å². The lowest BCUT2D eigenvalue weighted by Crippen LogP contribution is -2.29. The average molecular weight is 337 g/mol. The quantitative estimate of drug-likeness (QED) is 0.682. The molecule has 1 unspecified atom stereocenters. The molecule has 0 aliphatic carbocycles. The van der Waals surface area contributed by atoms with E-state index in [1.165, 1.54) is 0 Å². The van der Waals surface area contributed by atoms with Crippen LogP contribution in [-0.2, 0) is 0 Å². The van der Waals surface area contributed by atoms with Gasteiger partial charge >= 0.3 is 0 Å². The first kappa shape index (κ1) is 15.3. The van der Waals surface area contributed by atoms with Crippen LogP contribution in [0.4, 0.5) is 0 Å². The summed E-state index contributed by atoms with van der Waals surface area (Å²) >= 11 is 1.62. The minimum Gasteiger partial charge on any atom is -0.336 e. The maximum absolute atomic E-state index is 12.9. The van der Waals surface area contributed by atoms with E-state index in [0.717, 1.165) is 41.0 Å². The van der Waals surface area contributed by atoms with Crippen LogP contribution in [-0.4, -0.2) is 39.7 Å². The molecule has 4 nitrogen and oxygen atoms in total. The molecule has 2 heterocycles. The monoisotopic (exact) mass is 337 g/mol. The molecule has 0 saturated carbocycles. The van der Waals surface area contributed by atoms with E-state index in [0.29, 0.717) is 6.04 Å². The number of imidazole rings is 1. The van der Waals surface area contributed by atoms with Crippen molar-refractivity contribution in [2.24, 2.45) is 0 Å². The minimum atomic E-state index is 0.131. The first-order valence-electron chi connectivity index (χ1n) is 8.12. The van der Waals surface area contributed by atoms with Gasteiger partial charge in [-0.25, -0.2) is 4.98 Å². The molecule has 1 aliphatic rings. The lowest BCUT2D eigenvalue weighted by atomic mass is 10.2. The van der Waals surface area contributed by atoms with Gasteiger partial charge in [-0.3, -0.25) is 4.79 Å². The fraction of sp³-hybridized carbons (Fsp3) is 0.263. The van der Waals surface area contributed by atoms with Crippen molar-refractivity contribution in [2.45, 2.75) is 17.4 Å². The fourth-order valence-electron chi connectivity index (χ4n) is 3.41. The molecule has 1 aliphatic heterocycles. The van der Waals surface area contributed by atoms with Gasteiger partial charge in [-0.1, -0.05) is 24.3 Å². The number of benzene rings is 2. The number of para-hydroxylation sites is 2. The van der Waals surface area contributed by atoms with Gasteiger partial charge in [0, 0.05) is 18.0 Å². The van der Waals surface area contributed by atoms with Gasteiger partial charge in [0.1, 0.15) is 0 Å². The largest absolute Gasteiger partial charge is 0.336 e. The van der Waals surface area contributed by atoms with Crippen molar-refractivity contribution < 1.29 is 4.79 Å². The third-order valence-electron chi connectivity index (χ3n) is 4.66. The van der Waals surface area contributed by atoms with Crippen LogP contribution in [0.1, 0.15) is 22.8 Å². The highest BCUT2D eigenvalue weighted by molar-refractivity contribution is 7.98. The van der Waals surface area contributed by atoms with E-state index in [-0.39, 0.29) is 5.91 Å². The zero-order chi connectivity index (χ0) is 16.5. The molecular weight excluding hydrogens is 318 g/mol. The molecule has 0 radical (unpaired) electrons. The number of amides is 1. The number of carbonyl (C=O) groups is 1. The average Bonchev–Trinajstić information content (AvgIpc) is 3.27. The van der Waals surface area contributed by atoms with Crippen molar-refractivity contribution in [3.05, 3.63) is 60.4 Å². The molecule has 2 aromatic carbocycles. The second-order valence-electron chi connectivity index (χ2n) is 6.03. The molecule has 0 N–H and O–H groups in total. The van der Waals surface area contributed by atoms with Crippen molar-refractivity contribution >= 4 is 28.7 Å². The highest BCUT2D eigenvalue weighted by atomic mass is 32.2. The zero-order valence-corrected chi connectivity index (χ0v) is 14.4. The lowest BCUT2D eigenvalue weighted by molar-refractivity contribution is 0.0784. The topological polar surface area (TPSA) is 38.1 Å². The fourth-order valence-corrected chi connectivity index (χ4v) is 4.00.